The standard InChI is InChI=1S/C28H30F5N5O4/c1-15(16-6-5-7-18(12-16)41-4)34-24(39)27(42-25(40)28(31,32)33)10-8-17(9-11-27)35-26-36-22-14-21(30)20(29)13-19(22)23(37-26)38(2)3/h5-7,12-15,17H,8-11H2,1-4H3,(H,34,39)(H,35,36,37)/t15-,17?,27?/m1/s1. The molecule has 0 spiro atoms. The Labute approximate surface area is 238 Å². The Balaban J connectivity index is 1.54. The summed E-state index contributed by atoms with van der Waals surface area (Å²) in [5, 5.41) is 6.03. The third kappa shape index (κ3) is 6.63. The largest absolute Gasteiger partial charge is 0.497 e. The molecule has 0 saturated heterocycles. The molecule has 1 amide bonds. The van der Waals surface area contributed by atoms with Crippen molar-refractivity contribution in [1.82, 2.24) is 15.3 Å². The zero-order valence-electron chi connectivity index (χ0n) is 23.3. The predicted octanol–water partition coefficient (Wildman–Crippen LogP) is 5.06. The van der Waals surface area contributed by atoms with Crippen LogP contribution in [0, 0.1) is 11.6 Å². The maximum Gasteiger partial charge on any atom is 0.490 e. The number of aromatic nitrogens is 2. The molecule has 1 atom stereocenters. The molecule has 1 aliphatic rings. The van der Waals surface area contributed by atoms with Crippen LogP contribution in [0.25, 0.3) is 10.9 Å². The van der Waals surface area contributed by atoms with Gasteiger partial charge in [0.1, 0.15) is 11.6 Å². The number of esters is 1. The number of hydrogen-bond donors (Lipinski definition) is 2. The van der Waals surface area contributed by atoms with Crippen LogP contribution in [-0.4, -0.2) is 60.9 Å². The Morgan fingerprint density at radius 1 is 1.07 bits per heavy atom. The summed E-state index contributed by atoms with van der Waals surface area (Å²) in [6.45, 7) is 1.65. The van der Waals surface area contributed by atoms with Crippen molar-refractivity contribution in [2.24, 2.45) is 0 Å². The van der Waals surface area contributed by atoms with Crippen molar-refractivity contribution in [2.75, 3.05) is 31.4 Å². The van der Waals surface area contributed by atoms with Crippen LogP contribution in [-0.2, 0) is 14.3 Å². The number of amides is 1. The van der Waals surface area contributed by atoms with Crippen LogP contribution in [0.1, 0.15) is 44.2 Å². The lowest BCUT2D eigenvalue weighted by molar-refractivity contribution is -0.217. The molecule has 3 aromatic rings. The second-order valence-corrected chi connectivity index (χ2v) is 10.3. The van der Waals surface area contributed by atoms with Crippen LogP contribution in [0.5, 0.6) is 5.75 Å². The number of nitrogens with zero attached hydrogens (tertiary/aromatic N) is 3. The lowest BCUT2D eigenvalue weighted by Gasteiger charge is -2.39. The average molecular weight is 596 g/mol. The van der Waals surface area contributed by atoms with Crippen molar-refractivity contribution in [1.29, 1.82) is 0 Å². The minimum atomic E-state index is -5.29. The van der Waals surface area contributed by atoms with E-state index in [1.54, 1.807) is 50.2 Å². The Morgan fingerprint density at radius 3 is 2.36 bits per heavy atom. The van der Waals surface area contributed by atoms with E-state index < -0.39 is 47.4 Å². The summed E-state index contributed by atoms with van der Waals surface area (Å²) in [4.78, 5) is 35.6. The van der Waals surface area contributed by atoms with Crippen molar-refractivity contribution in [2.45, 2.75) is 56.5 Å². The van der Waals surface area contributed by atoms with Crippen LogP contribution in [0.3, 0.4) is 0 Å². The molecule has 0 aliphatic heterocycles. The zero-order chi connectivity index (χ0) is 30.8. The van der Waals surface area contributed by atoms with Crippen LogP contribution >= 0.6 is 0 Å². The van der Waals surface area contributed by atoms with Gasteiger partial charge in [0.25, 0.3) is 5.91 Å². The van der Waals surface area contributed by atoms with Crippen LogP contribution in [0.2, 0.25) is 0 Å². The third-order valence-corrected chi connectivity index (χ3v) is 7.14. The van der Waals surface area contributed by atoms with Gasteiger partial charge in [0.2, 0.25) is 5.95 Å². The second kappa shape index (κ2) is 11.9. The summed E-state index contributed by atoms with van der Waals surface area (Å²) >= 11 is 0. The minimum Gasteiger partial charge on any atom is -0.497 e. The summed E-state index contributed by atoms with van der Waals surface area (Å²) in [6.07, 6.45) is -5.52. The minimum absolute atomic E-state index is 0.0816. The number of ether oxygens (including phenoxy) is 2. The first-order chi connectivity index (χ1) is 19.7. The first-order valence-corrected chi connectivity index (χ1v) is 13.1. The molecular formula is C28H30F5N5O4. The summed E-state index contributed by atoms with van der Waals surface area (Å²) in [5.74, 6) is -4.52. The number of rotatable bonds is 8. The van der Waals surface area contributed by atoms with Crippen LogP contribution in [0.4, 0.5) is 33.7 Å². The molecule has 2 aromatic carbocycles. The molecule has 1 aromatic heterocycles. The summed E-state index contributed by atoms with van der Waals surface area (Å²) in [6, 6.07) is 7.68. The van der Waals surface area contributed by atoms with Gasteiger partial charge in [0, 0.05) is 31.6 Å². The van der Waals surface area contributed by atoms with E-state index in [9.17, 15) is 31.5 Å². The molecule has 226 valence electrons. The highest BCUT2D eigenvalue weighted by atomic mass is 19.4. The molecule has 2 N–H and O–H groups in total. The normalized spacial score (nSPS) is 19.6. The van der Waals surface area contributed by atoms with Gasteiger partial charge in [-0.15, -0.1) is 0 Å². The van der Waals surface area contributed by atoms with Crippen molar-refractivity contribution in [3.8, 4) is 5.75 Å². The Bertz CT molecular complexity index is 1480. The lowest BCUT2D eigenvalue weighted by atomic mass is 9.81. The Hall–Kier alpha value is -4.23. The van der Waals surface area contributed by atoms with E-state index in [1.807, 2.05) is 0 Å². The first kappa shape index (κ1) is 30.7. The van der Waals surface area contributed by atoms with E-state index in [4.69, 9.17) is 9.47 Å². The number of halogens is 5. The first-order valence-electron chi connectivity index (χ1n) is 13.1. The SMILES string of the molecule is COc1cccc([C@@H](C)NC(=O)C2(OC(=O)C(F)(F)F)CCC(Nc3nc(N(C)C)c4cc(F)c(F)cc4n3)CC2)c1. The van der Waals surface area contributed by atoms with Gasteiger partial charge >= 0.3 is 12.1 Å². The Morgan fingerprint density at radius 2 is 1.74 bits per heavy atom. The van der Waals surface area contributed by atoms with Gasteiger partial charge in [-0.1, -0.05) is 12.1 Å². The van der Waals surface area contributed by atoms with E-state index >= 15 is 0 Å². The molecular weight excluding hydrogens is 565 g/mol. The number of nitrogens with one attached hydrogen (secondary N) is 2. The molecule has 1 fully saturated rings. The van der Waals surface area contributed by atoms with Crippen molar-refractivity contribution < 1.29 is 41.0 Å². The fourth-order valence-electron chi connectivity index (χ4n) is 4.86. The highest BCUT2D eigenvalue weighted by Gasteiger charge is 2.51. The zero-order valence-corrected chi connectivity index (χ0v) is 23.3. The number of hydrogen-bond acceptors (Lipinski definition) is 8. The molecule has 42 heavy (non-hydrogen) atoms. The number of anilines is 2. The second-order valence-electron chi connectivity index (χ2n) is 10.3. The lowest BCUT2D eigenvalue weighted by Crippen LogP contribution is -2.55. The van der Waals surface area contributed by atoms with Gasteiger partial charge in [0.15, 0.2) is 17.2 Å². The van der Waals surface area contributed by atoms with E-state index in [-0.39, 0.29) is 42.5 Å². The average Bonchev–Trinajstić information content (AvgIpc) is 2.94. The van der Waals surface area contributed by atoms with Crippen LogP contribution in [0.15, 0.2) is 36.4 Å². The smallest absolute Gasteiger partial charge is 0.490 e. The van der Waals surface area contributed by atoms with Crippen molar-refractivity contribution in [3.63, 3.8) is 0 Å². The third-order valence-electron chi connectivity index (χ3n) is 7.14. The van der Waals surface area contributed by atoms with Crippen molar-refractivity contribution in [3.05, 3.63) is 53.6 Å². The summed E-state index contributed by atoms with van der Waals surface area (Å²) < 4.78 is 77.4. The van der Waals surface area contributed by atoms with Gasteiger partial charge in [-0.2, -0.15) is 18.2 Å². The molecule has 9 nitrogen and oxygen atoms in total. The van der Waals surface area contributed by atoms with Crippen molar-refractivity contribution >= 4 is 34.5 Å². The summed E-state index contributed by atoms with van der Waals surface area (Å²) in [5.41, 5.74) is -1.29. The predicted molar refractivity (Wildman–Crippen MR) is 144 cm³/mol. The van der Waals surface area contributed by atoms with E-state index in [2.05, 4.69) is 20.6 Å². The molecule has 1 saturated carbocycles. The molecule has 1 aliphatic carbocycles. The maximum absolute atomic E-state index is 13.9. The number of benzene rings is 2. The van der Waals surface area contributed by atoms with Gasteiger partial charge in [0.05, 0.1) is 18.7 Å². The molecule has 0 bridgehead atoms. The van der Waals surface area contributed by atoms with E-state index in [0.717, 1.165) is 12.1 Å². The highest BCUT2D eigenvalue weighted by Crippen LogP contribution is 2.37. The number of methoxy groups -OCH3 is 1. The Kier molecular flexibility index (Phi) is 8.73. The fraction of sp³-hybridized carbons (Fsp3) is 0.429. The maximum atomic E-state index is 13.9. The quantitative estimate of drug-likeness (QED) is 0.275. The summed E-state index contributed by atoms with van der Waals surface area (Å²) in [7, 11) is 4.81. The molecule has 1 heterocycles. The monoisotopic (exact) mass is 595 g/mol. The highest BCUT2D eigenvalue weighted by molar-refractivity contribution is 5.91. The number of carbonyl (C=O) groups is 2. The van der Waals surface area contributed by atoms with Gasteiger partial charge in [-0.3, -0.25) is 4.79 Å². The molecule has 0 radical (unpaired) electrons. The van der Waals surface area contributed by atoms with E-state index in [0.29, 0.717) is 17.1 Å². The number of fused-ring (bicyclic) bond motifs is 1. The molecule has 14 heteroatoms. The number of carbonyl (C=O) groups excluding carboxylic acids is 2. The fourth-order valence-corrected chi connectivity index (χ4v) is 4.86. The van der Waals surface area contributed by atoms with Gasteiger partial charge < -0.3 is 25.0 Å². The van der Waals surface area contributed by atoms with E-state index in [1.165, 1.54) is 7.11 Å². The molecule has 4 rings (SSSR count). The van der Waals surface area contributed by atoms with Crippen LogP contribution < -0.4 is 20.3 Å². The van der Waals surface area contributed by atoms with Gasteiger partial charge in [-0.25, -0.2) is 18.6 Å². The molecule has 0 unspecified atom stereocenters. The number of alkyl halides is 3. The van der Waals surface area contributed by atoms with Gasteiger partial charge in [-0.05, 0) is 56.4 Å². The topological polar surface area (TPSA) is 106 Å².